The van der Waals surface area contributed by atoms with Crippen molar-refractivity contribution in [2.24, 2.45) is 4.99 Å². The van der Waals surface area contributed by atoms with Gasteiger partial charge in [0.2, 0.25) is 0 Å². The highest BCUT2D eigenvalue weighted by Gasteiger charge is 2.36. The van der Waals surface area contributed by atoms with Crippen LogP contribution in [0.2, 0.25) is 0 Å². The predicted molar refractivity (Wildman–Crippen MR) is 162 cm³/mol. The Morgan fingerprint density at radius 2 is 1.91 bits per heavy atom. The second kappa shape index (κ2) is 11.2. The Morgan fingerprint density at radius 3 is 2.67 bits per heavy atom. The highest BCUT2D eigenvalue weighted by Crippen LogP contribution is 2.40. The highest BCUT2D eigenvalue weighted by molar-refractivity contribution is 7.07. The van der Waals surface area contributed by atoms with E-state index < -0.39 is 18.0 Å². The number of hydrogen-bond acceptors (Lipinski definition) is 8. The number of nitrogens with zero attached hydrogens (tertiary/aromatic N) is 2. The molecule has 1 atom stereocenters. The molecule has 3 heterocycles. The summed E-state index contributed by atoms with van der Waals surface area (Å²) in [6.45, 7) is 3.62. The van der Waals surface area contributed by atoms with E-state index >= 15 is 0 Å². The van der Waals surface area contributed by atoms with E-state index in [1.165, 1.54) is 28.0 Å². The van der Waals surface area contributed by atoms with Crippen molar-refractivity contribution in [1.82, 2.24) is 4.57 Å². The number of fused-ring (bicyclic) bond motifs is 2. The first-order valence-corrected chi connectivity index (χ1v) is 14.3. The first-order valence-electron chi connectivity index (χ1n) is 13.5. The van der Waals surface area contributed by atoms with E-state index in [4.69, 9.17) is 13.9 Å². The number of benzene rings is 3. The Morgan fingerprint density at radius 1 is 1.09 bits per heavy atom. The minimum absolute atomic E-state index is 0.139. The molecule has 6 rings (SSSR count). The monoisotopic (exact) mass is 594 g/mol. The van der Waals surface area contributed by atoms with Crippen molar-refractivity contribution in [2.75, 3.05) is 13.7 Å². The highest BCUT2D eigenvalue weighted by atomic mass is 32.1. The number of allylic oxidation sites excluding steroid dienone is 1. The van der Waals surface area contributed by atoms with Gasteiger partial charge >= 0.3 is 11.9 Å². The molecular weight excluding hydrogens is 568 g/mol. The number of furan rings is 1. The first kappa shape index (κ1) is 27.9. The van der Waals surface area contributed by atoms with E-state index in [1.54, 1.807) is 51.3 Å². The molecule has 9 nitrogen and oxygen atoms in total. The Bertz CT molecular complexity index is 2130. The lowest BCUT2D eigenvalue weighted by atomic mass is 9.90. The average molecular weight is 595 g/mol. The van der Waals surface area contributed by atoms with E-state index in [1.807, 2.05) is 36.4 Å². The number of carboxylic acid groups (broad SMARTS) is 1. The number of carbonyl (C=O) groups is 2. The summed E-state index contributed by atoms with van der Waals surface area (Å²) in [4.78, 5) is 44.0. The van der Waals surface area contributed by atoms with Crippen LogP contribution in [0.1, 0.15) is 41.6 Å². The van der Waals surface area contributed by atoms with Crippen LogP contribution < -0.4 is 19.6 Å². The van der Waals surface area contributed by atoms with Gasteiger partial charge in [-0.3, -0.25) is 9.36 Å². The normalized spacial score (nSPS) is 14.9. The molecular formula is C33H26N2O7S. The van der Waals surface area contributed by atoms with Crippen LogP contribution in [-0.2, 0) is 9.53 Å². The lowest BCUT2D eigenvalue weighted by molar-refractivity contribution is -0.139. The Kier molecular flexibility index (Phi) is 7.29. The molecule has 2 aromatic heterocycles. The summed E-state index contributed by atoms with van der Waals surface area (Å²) in [5.41, 5.74) is 1.74. The molecule has 0 spiro atoms. The van der Waals surface area contributed by atoms with Gasteiger partial charge in [0.05, 0.1) is 35.1 Å². The fourth-order valence-corrected chi connectivity index (χ4v) is 6.35. The van der Waals surface area contributed by atoms with E-state index in [0.29, 0.717) is 43.4 Å². The minimum atomic E-state index is -1.04. The molecule has 5 aromatic rings. The number of aromatic carboxylic acids is 1. The maximum atomic E-state index is 14.1. The average Bonchev–Trinajstić information content (AvgIpc) is 3.60. The van der Waals surface area contributed by atoms with Gasteiger partial charge in [-0.1, -0.05) is 53.8 Å². The zero-order valence-corrected chi connectivity index (χ0v) is 24.3. The van der Waals surface area contributed by atoms with Gasteiger partial charge in [0, 0.05) is 17.2 Å². The third kappa shape index (κ3) is 4.95. The second-order valence-electron chi connectivity index (χ2n) is 9.79. The van der Waals surface area contributed by atoms with Gasteiger partial charge in [0.15, 0.2) is 4.80 Å². The van der Waals surface area contributed by atoms with E-state index in [9.17, 15) is 19.5 Å². The quantitative estimate of drug-likeness (QED) is 0.266. The topological polar surface area (TPSA) is 120 Å². The third-order valence-electron chi connectivity index (χ3n) is 7.24. The molecule has 0 bridgehead atoms. The third-order valence-corrected chi connectivity index (χ3v) is 8.22. The number of aromatic nitrogens is 1. The summed E-state index contributed by atoms with van der Waals surface area (Å²) in [7, 11) is 1.55. The number of hydrogen-bond donors (Lipinski definition) is 1. The Balaban J connectivity index is 1.54. The molecule has 0 unspecified atom stereocenters. The number of carbonyl (C=O) groups excluding carboxylic acids is 1. The number of thiazole rings is 1. The maximum absolute atomic E-state index is 14.1. The number of ether oxygens (including phenoxy) is 2. The van der Waals surface area contributed by atoms with Gasteiger partial charge in [-0.05, 0) is 55.0 Å². The van der Waals surface area contributed by atoms with Gasteiger partial charge in [-0.15, -0.1) is 0 Å². The summed E-state index contributed by atoms with van der Waals surface area (Å²) in [6, 6.07) is 20.5. The minimum Gasteiger partial charge on any atom is -0.496 e. The van der Waals surface area contributed by atoms with Crippen LogP contribution in [0.5, 0.6) is 5.75 Å². The maximum Gasteiger partial charge on any atom is 0.338 e. The molecule has 0 aliphatic carbocycles. The van der Waals surface area contributed by atoms with Gasteiger partial charge in [-0.25, -0.2) is 14.6 Å². The molecule has 0 saturated heterocycles. The standard InChI is InChI=1S/C33H26N2O7S/c1-4-41-32(39)27-18(2)34-33-35(29(27)28-23-11-6-5-8-19(23)12-14-25(28)40-3)30(36)26(43-33)17-22-13-15-24(42-22)20-9-7-10-21(16-20)31(37)38/h5-17,29H,4H2,1-3H3,(H,37,38)/b26-17+/t29-/m0/s1. The predicted octanol–water partition coefficient (Wildman–Crippen LogP) is 4.92. The van der Waals surface area contributed by atoms with Crippen molar-refractivity contribution in [1.29, 1.82) is 0 Å². The van der Waals surface area contributed by atoms with Crippen LogP contribution in [0.25, 0.3) is 28.2 Å². The van der Waals surface area contributed by atoms with Crippen LogP contribution in [0, 0.1) is 0 Å². The number of methoxy groups -OCH3 is 1. The van der Waals surface area contributed by atoms with Crippen molar-refractivity contribution >= 4 is 40.1 Å². The van der Waals surface area contributed by atoms with Crippen LogP contribution in [0.15, 0.2) is 98.3 Å². The Hall–Kier alpha value is -5.22. The summed E-state index contributed by atoms with van der Waals surface area (Å²) in [5.74, 6) is -0.210. The molecule has 0 saturated carbocycles. The SMILES string of the molecule is CCOC(=O)C1=C(C)N=c2s/c(=C/c3ccc(-c4cccc(C(=O)O)c4)o3)c(=O)n2[C@@H]1c1c(OC)ccc2ccccc12. The van der Waals surface area contributed by atoms with Gasteiger partial charge in [0.25, 0.3) is 5.56 Å². The summed E-state index contributed by atoms with van der Waals surface area (Å²) < 4.78 is 19.1. The fourth-order valence-electron chi connectivity index (χ4n) is 5.32. The van der Waals surface area contributed by atoms with E-state index in [2.05, 4.69) is 4.99 Å². The zero-order chi connectivity index (χ0) is 30.2. The van der Waals surface area contributed by atoms with Crippen molar-refractivity contribution in [3.05, 3.63) is 121 Å². The number of esters is 1. The van der Waals surface area contributed by atoms with Crippen LogP contribution in [-0.4, -0.2) is 35.3 Å². The smallest absolute Gasteiger partial charge is 0.338 e. The number of carboxylic acids is 1. The van der Waals surface area contributed by atoms with Crippen LogP contribution in [0.4, 0.5) is 0 Å². The summed E-state index contributed by atoms with van der Waals surface area (Å²) >= 11 is 1.18. The molecule has 0 amide bonds. The summed E-state index contributed by atoms with van der Waals surface area (Å²) in [5, 5.41) is 11.1. The molecule has 1 aliphatic heterocycles. The lowest BCUT2D eigenvalue weighted by Gasteiger charge is -2.27. The van der Waals surface area contributed by atoms with Crippen molar-refractivity contribution in [3.8, 4) is 17.1 Å². The fraction of sp³-hybridized carbons (Fsp3) is 0.152. The summed E-state index contributed by atoms with van der Waals surface area (Å²) in [6.07, 6.45) is 1.62. The molecule has 10 heteroatoms. The Labute approximate surface area is 249 Å². The molecule has 0 radical (unpaired) electrons. The van der Waals surface area contributed by atoms with Crippen molar-refractivity contribution < 1.29 is 28.6 Å². The lowest BCUT2D eigenvalue weighted by Crippen LogP contribution is -2.40. The van der Waals surface area contributed by atoms with E-state index in [0.717, 1.165) is 10.8 Å². The molecule has 0 fully saturated rings. The number of rotatable bonds is 7. The van der Waals surface area contributed by atoms with Crippen molar-refractivity contribution in [2.45, 2.75) is 19.9 Å². The molecule has 1 aliphatic rings. The van der Waals surface area contributed by atoms with Gasteiger partial charge in [-0.2, -0.15) is 0 Å². The molecule has 216 valence electrons. The van der Waals surface area contributed by atoms with Gasteiger partial charge < -0.3 is 19.0 Å². The molecule has 1 N–H and O–H groups in total. The van der Waals surface area contributed by atoms with Crippen LogP contribution in [0.3, 0.4) is 0 Å². The van der Waals surface area contributed by atoms with Crippen molar-refractivity contribution in [3.63, 3.8) is 0 Å². The zero-order valence-electron chi connectivity index (χ0n) is 23.5. The van der Waals surface area contributed by atoms with Crippen LogP contribution >= 0.6 is 11.3 Å². The van der Waals surface area contributed by atoms with Gasteiger partial charge in [0.1, 0.15) is 23.3 Å². The second-order valence-corrected chi connectivity index (χ2v) is 10.8. The first-order chi connectivity index (χ1) is 20.8. The molecule has 3 aromatic carbocycles. The molecule has 43 heavy (non-hydrogen) atoms. The largest absolute Gasteiger partial charge is 0.496 e. The van der Waals surface area contributed by atoms with E-state index in [-0.39, 0.29) is 23.3 Å².